The van der Waals surface area contributed by atoms with Gasteiger partial charge in [0.15, 0.2) is 5.96 Å². The molecule has 1 aromatic heterocycles. The minimum Gasteiger partial charge on any atom is -0.462 e. The molecular weight excluding hydrogens is 459 g/mol. The lowest BCUT2D eigenvalue weighted by Crippen LogP contribution is -2.38. The number of hydrogen-bond acceptors (Lipinski definition) is 6. The van der Waals surface area contributed by atoms with Crippen molar-refractivity contribution in [2.24, 2.45) is 4.99 Å². The van der Waals surface area contributed by atoms with E-state index >= 15 is 0 Å². The van der Waals surface area contributed by atoms with Crippen LogP contribution in [0.1, 0.15) is 47.2 Å². The van der Waals surface area contributed by atoms with Gasteiger partial charge in [0, 0.05) is 12.3 Å². The minimum atomic E-state index is -0.304. The molecule has 0 aliphatic heterocycles. The minimum absolute atomic E-state index is 0. The number of aliphatic imine (C=N–C) groups is 1. The second kappa shape index (κ2) is 12.8. The fourth-order valence-corrected chi connectivity index (χ4v) is 3.06. The molecule has 0 aliphatic rings. The number of guanidine groups is 1. The number of halogens is 1. The van der Waals surface area contributed by atoms with Crippen molar-refractivity contribution in [3.8, 4) is 0 Å². The van der Waals surface area contributed by atoms with E-state index in [0.29, 0.717) is 17.2 Å². The highest BCUT2D eigenvalue weighted by Gasteiger charge is 2.19. The van der Waals surface area contributed by atoms with Crippen LogP contribution in [-0.2, 0) is 4.74 Å². The van der Waals surface area contributed by atoms with Crippen LogP contribution in [0.2, 0.25) is 0 Å². The number of nitrogens with one attached hydrogen (secondary N) is 2. The zero-order chi connectivity index (χ0) is 17.2. The standard InChI is InChI=1S/C15H26N4O2S2.HI/c1-6-16-15(17-8-9-22-5)19-11(4)13-18-10(3)12(23-13)14(20)21-7-2;/h11H,6-9H2,1-5H3,(H2,16,17,19);1H. The molecule has 1 rings (SSSR count). The van der Waals surface area contributed by atoms with Gasteiger partial charge >= 0.3 is 5.97 Å². The van der Waals surface area contributed by atoms with Crippen molar-refractivity contribution < 1.29 is 9.53 Å². The van der Waals surface area contributed by atoms with Crippen LogP contribution in [0.3, 0.4) is 0 Å². The van der Waals surface area contributed by atoms with E-state index in [1.807, 2.05) is 20.8 Å². The quantitative estimate of drug-likeness (QED) is 0.193. The smallest absolute Gasteiger partial charge is 0.350 e. The summed E-state index contributed by atoms with van der Waals surface area (Å²) in [5, 5.41) is 7.40. The molecule has 0 aromatic carbocycles. The molecule has 1 aromatic rings. The summed E-state index contributed by atoms with van der Waals surface area (Å²) in [4.78, 5) is 21.5. The predicted molar refractivity (Wildman–Crippen MR) is 114 cm³/mol. The van der Waals surface area contributed by atoms with Gasteiger partial charge in [-0.25, -0.2) is 9.78 Å². The van der Waals surface area contributed by atoms with Crippen LogP contribution in [0.4, 0.5) is 0 Å². The maximum Gasteiger partial charge on any atom is 0.350 e. The van der Waals surface area contributed by atoms with Crippen molar-refractivity contribution in [2.45, 2.75) is 33.7 Å². The molecule has 1 atom stereocenters. The monoisotopic (exact) mass is 486 g/mol. The molecule has 0 bridgehead atoms. The second-order valence-corrected chi connectivity index (χ2v) is 6.82. The summed E-state index contributed by atoms with van der Waals surface area (Å²) in [5.74, 6) is 1.44. The Morgan fingerprint density at radius 2 is 2.17 bits per heavy atom. The molecule has 2 N–H and O–H groups in total. The predicted octanol–water partition coefficient (Wildman–Crippen LogP) is 3.23. The summed E-state index contributed by atoms with van der Waals surface area (Å²) < 4.78 is 5.06. The molecule has 9 heteroatoms. The average Bonchev–Trinajstić information content (AvgIpc) is 2.90. The largest absolute Gasteiger partial charge is 0.462 e. The Morgan fingerprint density at radius 3 is 2.75 bits per heavy atom. The molecule has 0 amide bonds. The fourth-order valence-electron chi connectivity index (χ4n) is 1.82. The number of rotatable bonds is 8. The lowest BCUT2D eigenvalue weighted by Gasteiger charge is -2.15. The lowest BCUT2D eigenvalue weighted by atomic mass is 10.3. The summed E-state index contributed by atoms with van der Waals surface area (Å²) in [6, 6.07) is -0.0334. The van der Waals surface area contributed by atoms with E-state index in [2.05, 4.69) is 26.9 Å². The summed E-state index contributed by atoms with van der Waals surface area (Å²) in [6.07, 6.45) is 2.06. The third-order valence-corrected chi connectivity index (χ3v) is 4.82. The van der Waals surface area contributed by atoms with E-state index in [1.54, 1.807) is 18.7 Å². The number of carbonyl (C=O) groups is 1. The number of aryl methyl sites for hydroxylation is 1. The van der Waals surface area contributed by atoms with Crippen LogP contribution in [0, 0.1) is 6.92 Å². The number of carbonyl (C=O) groups excluding carboxylic acids is 1. The van der Waals surface area contributed by atoms with Gasteiger partial charge in [0.1, 0.15) is 9.88 Å². The highest BCUT2D eigenvalue weighted by Crippen LogP contribution is 2.24. The van der Waals surface area contributed by atoms with Crippen molar-refractivity contribution in [1.82, 2.24) is 15.6 Å². The van der Waals surface area contributed by atoms with Crippen molar-refractivity contribution in [1.29, 1.82) is 0 Å². The van der Waals surface area contributed by atoms with Gasteiger partial charge in [0.25, 0.3) is 0 Å². The number of thiazole rings is 1. The molecule has 1 heterocycles. The Labute approximate surface area is 169 Å². The van der Waals surface area contributed by atoms with Crippen LogP contribution >= 0.6 is 47.1 Å². The van der Waals surface area contributed by atoms with Gasteiger partial charge in [-0.3, -0.25) is 4.99 Å². The van der Waals surface area contributed by atoms with Crippen LogP contribution in [0.5, 0.6) is 0 Å². The van der Waals surface area contributed by atoms with E-state index in [9.17, 15) is 4.79 Å². The van der Waals surface area contributed by atoms with Gasteiger partial charge in [-0.05, 0) is 34.0 Å². The van der Waals surface area contributed by atoms with E-state index in [1.165, 1.54) is 11.3 Å². The normalized spacial score (nSPS) is 12.3. The molecule has 0 saturated carbocycles. The number of esters is 1. The Balaban J connectivity index is 0.00000529. The molecular formula is C15H27IN4O2S2. The fraction of sp³-hybridized carbons (Fsp3) is 0.667. The first-order valence-electron chi connectivity index (χ1n) is 7.71. The summed E-state index contributed by atoms with van der Waals surface area (Å²) in [5.41, 5.74) is 0.710. The molecule has 0 saturated heterocycles. The number of aromatic nitrogens is 1. The van der Waals surface area contributed by atoms with E-state index in [4.69, 9.17) is 4.74 Å². The SMILES string of the molecule is CCNC(=NCCSC)NC(C)c1nc(C)c(C(=O)OCC)s1.I. The molecule has 6 nitrogen and oxygen atoms in total. The Bertz CT molecular complexity index is 538. The van der Waals surface area contributed by atoms with Gasteiger partial charge in [-0.2, -0.15) is 11.8 Å². The van der Waals surface area contributed by atoms with E-state index < -0.39 is 0 Å². The first-order chi connectivity index (χ1) is 11.0. The zero-order valence-corrected chi connectivity index (χ0v) is 18.8. The summed E-state index contributed by atoms with van der Waals surface area (Å²) in [6.45, 7) is 9.59. The Kier molecular flexibility index (Phi) is 12.5. The second-order valence-electron chi connectivity index (χ2n) is 4.81. The van der Waals surface area contributed by atoms with E-state index in [-0.39, 0.29) is 36.0 Å². The number of thioether (sulfide) groups is 1. The maximum absolute atomic E-state index is 11.9. The van der Waals surface area contributed by atoms with Crippen LogP contribution in [0.15, 0.2) is 4.99 Å². The average molecular weight is 486 g/mol. The highest BCUT2D eigenvalue weighted by molar-refractivity contribution is 14.0. The zero-order valence-electron chi connectivity index (χ0n) is 14.8. The third kappa shape index (κ3) is 7.56. The molecule has 24 heavy (non-hydrogen) atoms. The van der Waals surface area contributed by atoms with Crippen LogP contribution in [0.25, 0.3) is 0 Å². The summed E-state index contributed by atoms with van der Waals surface area (Å²) >= 11 is 3.13. The lowest BCUT2D eigenvalue weighted by molar-refractivity contribution is 0.0531. The van der Waals surface area contributed by atoms with Crippen LogP contribution < -0.4 is 10.6 Å². The van der Waals surface area contributed by atoms with Gasteiger partial charge in [0.2, 0.25) is 0 Å². The topological polar surface area (TPSA) is 75.6 Å². The molecule has 0 aliphatic carbocycles. The first-order valence-corrected chi connectivity index (χ1v) is 9.92. The molecule has 0 spiro atoms. The van der Waals surface area contributed by atoms with Gasteiger partial charge in [-0.15, -0.1) is 35.3 Å². The van der Waals surface area contributed by atoms with Gasteiger partial charge in [0.05, 0.1) is 24.9 Å². The number of nitrogens with zero attached hydrogens (tertiary/aromatic N) is 2. The Morgan fingerprint density at radius 1 is 1.46 bits per heavy atom. The molecule has 0 fully saturated rings. The maximum atomic E-state index is 11.9. The summed E-state index contributed by atoms with van der Waals surface area (Å²) in [7, 11) is 0. The van der Waals surface area contributed by atoms with Crippen molar-refractivity contribution >= 4 is 59.0 Å². The highest BCUT2D eigenvalue weighted by atomic mass is 127. The van der Waals surface area contributed by atoms with E-state index in [0.717, 1.165) is 29.8 Å². The van der Waals surface area contributed by atoms with Gasteiger partial charge in [-0.1, -0.05) is 0 Å². The molecule has 138 valence electrons. The van der Waals surface area contributed by atoms with Crippen LogP contribution in [-0.4, -0.2) is 48.6 Å². The third-order valence-electron chi connectivity index (χ3n) is 2.91. The van der Waals surface area contributed by atoms with Crippen molar-refractivity contribution in [3.63, 3.8) is 0 Å². The Hall–Kier alpha value is -0.550. The molecule has 1 unspecified atom stereocenters. The van der Waals surface area contributed by atoms with Crippen molar-refractivity contribution in [3.05, 3.63) is 15.6 Å². The number of ether oxygens (including phenoxy) is 1. The molecule has 0 radical (unpaired) electrons. The number of hydrogen-bond donors (Lipinski definition) is 2. The van der Waals surface area contributed by atoms with Gasteiger partial charge < -0.3 is 15.4 Å². The van der Waals surface area contributed by atoms with Crippen molar-refractivity contribution in [2.75, 3.05) is 31.7 Å². The first kappa shape index (κ1) is 23.4.